The van der Waals surface area contributed by atoms with Gasteiger partial charge in [-0.25, -0.2) is 8.42 Å². The largest absolute Gasteiger partial charge is 0.340 e. The van der Waals surface area contributed by atoms with Crippen molar-refractivity contribution in [3.05, 3.63) is 28.7 Å². The van der Waals surface area contributed by atoms with Crippen LogP contribution in [0.5, 0.6) is 0 Å². The van der Waals surface area contributed by atoms with Gasteiger partial charge in [0, 0.05) is 43.7 Å². The van der Waals surface area contributed by atoms with Gasteiger partial charge < -0.3 is 9.80 Å². The number of rotatable bonds is 4. The normalized spacial score (nSPS) is 23.1. The highest BCUT2D eigenvalue weighted by Gasteiger charge is 2.38. The van der Waals surface area contributed by atoms with Crippen molar-refractivity contribution in [3.63, 3.8) is 0 Å². The molecule has 8 heteroatoms. The fourth-order valence-corrected chi connectivity index (χ4v) is 5.56. The Balaban J connectivity index is 1.64. The lowest BCUT2D eigenvalue weighted by molar-refractivity contribution is -0.136. The van der Waals surface area contributed by atoms with E-state index in [1.165, 1.54) is 4.31 Å². The van der Waals surface area contributed by atoms with E-state index in [0.29, 0.717) is 13.0 Å². The summed E-state index contributed by atoms with van der Waals surface area (Å²) in [6, 6.07) is 6.71. The van der Waals surface area contributed by atoms with Crippen LogP contribution in [0.25, 0.3) is 0 Å². The summed E-state index contributed by atoms with van der Waals surface area (Å²) in [5, 5.41) is 0. The molecule has 1 aromatic carbocycles. The minimum Gasteiger partial charge on any atom is -0.340 e. The summed E-state index contributed by atoms with van der Waals surface area (Å²) in [6.07, 6.45) is 0.597. The summed E-state index contributed by atoms with van der Waals surface area (Å²) >= 11 is 3.31. The molecule has 0 N–H and O–H groups in total. The van der Waals surface area contributed by atoms with Crippen LogP contribution in [0.2, 0.25) is 0 Å². The summed E-state index contributed by atoms with van der Waals surface area (Å²) in [6.45, 7) is 7.08. The Morgan fingerprint density at radius 2 is 1.92 bits per heavy atom. The summed E-state index contributed by atoms with van der Waals surface area (Å²) in [5.41, 5.74) is 0. The Labute approximate surface area is 158 Å². The van der Waals surface area contributed by atoms with Crippen LogP contribution in [0.15, 0.2) is 33.6 Å². The summed E-state index contributed by atoms with van der Waals surface area (Å²) < 4.78 is 27.7. The van der Waals surface area contributed by atoms with E-state index in [4.69, 9.17) is 0 Å². The van der Waals surface area contributed by atoms with Crippen LogP contribution in [0.3, 0.4) is 0 Å². The summed E-state index contributed by atoms with van der Waals surface area (Å²) in [4.78, 5) is 17.2. The van der Waals surface area contributed by atoms with Gasteiger partial charge in [-0.05, 0) is 31.2 Å². The molecule has 0 spiro atoms. The first-order valence-electron chi connectivity index (χ1n) is 8.68. The first kappa shape index (κ1) is 18.8. The molecule has 2 aliphatic rings. The van der Waals surface area contributed by atoms with Gasteiger partial charge in [-0.1, -0.05) is 28.9 Å². The Morgan fingerprint density at radius 3 is 2.56 bits per heavy atom. The molecule has 1 aromatic rings. The van der Waals surface area contributed by atoms with E-state index in [1.54, 1.807) is 24.3 Å². The number of carbonyl (C=O) groups excluding carboxylic acids is 1. The second-order valence-electron chi connectivity index (χ2n) is 6.57. The number of halogens is 1. The van der Waals surface area contributed by atoms with Crippen LogP contribution < -0.4 is 0 Å². The molecule has 6 nitrogen and oxygen atoms in total. The molecule has 138 valence electrons. The molecule has 1 amide bonds. The maximum absolute atomic E-state index is 12.8. The van der Waals surface area contributed by atoms with Crippen LogP contribution in [-0.4, -0.2) is 74.2 Å². The van der Waals surface area contributed by atoms with E-state index in [1.807, 2.05) is 4.90 Å². The number of sulfonamides is 1. The zero-order chi connectivity index (χ0) is 18.0. The minimum atomic E-state index is -3.55. The molecular weight excluding hydrogens is 406 g/mol. The Bertz CT molecular complexity index is 732. The Kier molecular flexibility index (Phi) is 5.82. The molecule has 0 aliphatic carbocycles. The van der Waals surface area contributed by atoms with Crippen LogP contribution in [0.1, 0.15) is 13.3 Å². The average Bonchev–Trinajstić information content (AvgIpc) is 3.12. The molecule has 2 heterocycles. The Hall–Kier alpha value is -0.960. The number of benzene rings is 1. The van der Waals surface area contributed by atoms with Crippen molar-refractivity contribution >= 4 is 31.9 Å². The van der Waals surface area contributed by atoms with Gasteiger partial charge in [-0.3, -0.25) is 4.79 Å². The number of hydrogen-bond acceptors (Lipinski definition) is 4. The maximum Gasteiger partial charge on any atom is 0.243 e. The van der Waals surface area contributed by atoms with Crippen molar-refractivity contribution in [1.82, 2.24) is 14.1 Å². The van der Waals surface area contributed by atoms with Crippen molar-refractivity contribution in [2.45, 2.75) is 18.2 Å². The lowest BCUT2D eigenvalue weighted by atomic mass is 10.1. The van der Waals surface area contributed by atoms with Crippen molar-refractivity contribution in [2.75, 3.05) is 45.8 Å². The van der Waals surface area contributed by atoms with Crippen LogP contribution >= 0.6 is 15.9 Å². The highest BCUT2D eigenvalue weighted by molar-refractivity contribution is 9.10. The third-order valence-electron chi connectivity index (χ3n) is 5.07. The third kappa shape index (κ3) is 4.07. The first-order valence-corrected chi connectivity index (χ1v) is 10.9. The smallest absolute Gasteiger partial charge is 0.243 e. The lowest BCUT2D eigenvalue weighted by Gasteiger charge is -2.35. The molecular formula is C17H24BrN3O3S. The van der Waals surface area contributed by atoms with Gasteiger partial charge in [-0.2, -0.15) is 4.31 Å². The molecule has 0 saturated carbocycles. The number of piperazine rings is 1. The van der Waals surface area contributed by atoms with Gasteiger partial charge in [0.2, 0.25) is 15.9 Å². The van der Waals surface area contributed by atoms with Gasteiger partial charge in [0.1, 0.15) is 0 Å². The maximum atomic E-state index is 12.8. The second-order valence-corrected chi connectivity index (χ2v) is 9.42. The highest BCUT2D eigenvalue weighted by Crippen LogP contribution is 2.27. The lowest BCUT2D eigenvalue weighted by Crippen LogP contribution is -2.50. The molecule has 3 rings (SSSR count). The number of carbonyl (C=O) groups is 1. The van der Waals surface area contributed by atoms with Crippen LogP contribution in [0, 0.1) is 5.92 Å². The molecule has 0 radical (unpaired) electrons. The molecule has 25 heavy (non-hydrogen) atoms. The minimum absolute atomic E-state index is 0.0997. The summed E-state index contributed by atoms with van der Waals surface area (Å²) in [7, 11) is -3.55. The van der Waals surface area contributed by atoms with Crippen LogP contribution in [-0.2, 0) is 14.8 Å². The zero-order valence-electron chi connectivity index (χ0n) is 14.4. The van der Waals surface area contributed by atoms with Gasteiger partial charge in [0.25, 0.3) is 0 Å². The molecule has 2 saturated heterocycles. The second kappa shape index (κ2) is 7.73. The van der Waals surface area contributed by atoms with E-state index in [0.717, 1.165) is 37.2 Å². The molecule has 1 atom stereocenters. The van der Waals surface area contributed by atoms with E-state index in [2.05, 4.69) is 27.8 Å². The third-order valence-corrected chi connectivity index (χ3v) is 7.42. The van der Waals surface area contributed by atoms with Gasteiger partial charge >= 0.3 is 0 Å². The van der Waals surface area contributed by atoms with E-state index in [9.17, 15) is 13.2 Å². The van der Waals surface area contributed by atoms with Gasteiger partial charge in [0.05, 0.1) is 10.8 Å². The van der Waals surface area contributed by atoms with Gasteiger partial charge in [-0.15, -0.1) is 0 Å². The van der Waals surface area contributed by atoms with Crippen molar-refractivity contribution in [1.29, 1.82) is 0 Å². The summed E-state index contributed by atoms with van der Waals surface area (Å²) in [5.74, 6) is -0.127. The first-order chi connectivity index (χ1) is 11.9. The predicted molar refractivity (Wildman–Crippen MR) is 99.7 cm³/mol. The van der Waals surface area contributed by atoms with Crippen LogP contribution in [0.4, 0.5) is 0 Å². The number of hydrogen-bond donors (Lipinski definition) is 0. The number of amides is 1. The fourth-order valence-electron chi connectivity index (χ4n) is 3.47. The predicted octanol–water partition coefficient (Wildman–Crippen LogP) is 1.62. The molecule has 1 unspecified atom stereocenters. The molecule has 2 aliphatic heterocycles. The number of likely N-dealkylation sites (N-methyl/N-ethyl adjacent to an activating group) is 1. The monoisotopic (exact) mass is 429 g/mol. The molecule has 0 bridgehead atoms. The SMILES string of the molecule is CCN1CCN(C(=O)C2CCN(S(=O)(=O)c3cccc(Br)c3)C2)CC1. The van der Waals surface area contributed by atoms with Crippen molar-refractivity contribution in [3.8, 4) is 0 Å². The standard InChI is InChI=1S/C17H24BrN3O3S/c1-2-19-8-10-20(11-9-19)17(22)14-6-7-21(13-14)25(23,24)16-5-3-4-15(18)12-16/h3-5,12,14H,2,6-11,13H2,1H3. The van der Waals surface area contributed by atoms with Gasteiger partial charge in [0.15, 0.2) is 0 Å². The quantitative estimate of drug-likeness (QED) is 0.729. The molecule has 2 fully saturated rings. The Morgan fingerprint density at radius 1 is 1.20 bits per heavy atom. The number of nitrogens with zero attached hydrogens (tertiary/aromatic N) is 3. The average molecular weight is 430 g/mol. The van der Waals surface area contributed by atoms with Crippen molar-refractivity contribution < 1.29 is 13.2 Å². The topological polar surface area (TPSA) is 60.9 Å². The highest BCUT2D eigenvalue weighted by atomic mass is 79.9. The zero-order valence-corrected chi connectivity index (χ0v) is 16.8. The van der Waals surface area contributed by atoms with E-state index < -0.39 is 10.0 Å². The van der Waals surface area contributed by atoms with E-state index >= 15 is 0 Å². The fraction of sp³-hybridized carbons (Fsp3) is 0.588. The molecule has 0 aromatic heterocycles. The van der Waals surface area contributed by atoms with E-state index in [-0.39, 0.29) is 23.3 Å². The van der Waals surface area contributed by atoms with Crippen molar-refractivity contribution in [2.24, 2.45) is 5.92 Å².